The topological polar surface area (TPSA) is 6.48 Å². The third kappa shape index (κ3) is 3.82. The molecule has 0 bridgehead atoms. The monoisotopic (exact) mass is 294 g/mol. The maximum Gasteiger partial charge on any atom is 0.00679 e. The molecule has 0 radical (unpaired) electrons. The van der Waals surface area contributed by atoms with Gasteiger partial charge in [0.15, 0.2) is 0 Å². The third-order valence-corrected chi connectivity index (χ3v) is 6.65. The van der Waals surface area contributed by atoms with Crippen LogP contribution in [0.1, 0.15) is 61.3 Å². The van der Waals surface area contributed by atoms with Gasteiger partial charge in [0.05, 0.1) is 0 Å². The summed E-state index contributed by atoms with van der Waals surface area (Å²) in [6.45, 7) is 22.1. The van der Waals surface area contributed by atoms with Crippen LogP contribution in [0.25, 0.3) is 0 Å². The van der Waals surface area contributed by atoms with Crippen molar-refractivity contribution in [2.24, 2.45) is 23.2 Å². The Hall–Kier alpha value is -0.0800. The number of hydrogen-bond donors (Lipinski definition) is 0. The molecule has 124 valence electrons. The fourth-order valence-electron chi connectivity index (χ4n) is 3.74. The number of hydrogen-bond acceptors (Lipinski definition) is 2. The zero-order valence-corrected chi connectivity index (χ0v) is 15.5. The van der Waals surface area contributed by atoms with Crippen LogP contribution in [0, 0.1) is 23.2 Å². The lowest BCUT2D eigenvalue weighted by Gasteiger charge is -2.54. The van der Waals surface area contributed by atoms with E-state index in [-0.39, 0.29) is 0 Å². The van der Waals surface area contributed by atoms with Crippen LogP contribution < -0.4 is 0 Å². The second-order valence-electron chi connectivity index (χ2n) is 8.95. The van der Waals surface area contributed by atoms with E-state index in [2.05, 4.69) is 58.3 Å². The molecule has 0 N–H and O–H groups in total. The van der Waals surface area contributed by atoms with Gasteiger partial charge in [-0.25, -0.2) is 0 Å². The minimum atomic E-state index is 0.571. The van der Waals surface area contributed by atoms with Crippen LogP contribution in [0.4, 0.5) is 0 Å². The van der Waals surface area contributed by atoms with Crippen LogP contribution in [0.5, 0.6) is 0 Å². The largest absolute Gasteiger partial charge is 0.300 e. The van der Waals surface area contributed by atoms with Gasteiger partial charge in [0.2, 0.25) is 0 Å². The van der Waals surface area contributed by atoms with E-state index in [0.717, 1.165) is 29.8 Å². The molecule has 2 heteroatoms. The van der Waals surface area contributed by atoms with Crippen LogP contribution in [0.15, 0.2) is 0 Å². The summed E-state index contributed by atoms with van der Waals surface area (Å²) >= 11 is 0. The lowest BCUT2D eigenvalue weighted by molar-refractivity contribution is -0.0496. The van der Waals surface area contributed by atoms with E-state index in [1.165, 1.54) is 39.0 Å². The number of rotatable bonds is 7. The fourth-order valence-corrected chi connectivity index (χ4v) is 3.74. The van der Waals surface area contributed by atoms with Gasteiger partial charge in [0.1, 0.15) is 0 Å². The van der Waals surface area contributed by atoms with Gasteiger partial charge < -0.3 is 0 Å². The van der Waals surface area contributed by atoms with Crippen molar-refractivity contribution in [3.8, 4) is 0 Å². The molecule has 0 aromatic carbocycles. The normalized spacial score (nSPS) is 26.7. The Morgan fingerprint density at radius 1 is 0.857 bits per heavy atom. The molecule has 0 saturated carbocycles. The number of nitrogens with zero attached hydrogens (tertiary/aromatic N) is 2. The Kier molecular flexibility index (Phi) is 5.41. The van der Waals surface area contributed by atoms with Gasteiger partial charge in [0.25, 0.3) is 0 Å². The summed E-state index contributed by atoms with van der Waals surface area (Å²) in [5, 5.41) is 0. The van der Waals surface area contributed by atoms with Crippen molar-refractivity contribution in [2.75, 3.05) is 26.2 Å². The van der Waals surface area contributed by atoms with E-state index >= 15 is 0 Å². The van der Waals surface area contributed by atoms with Gasteiger partial charge in [-0.15, -0.1) is 0 Å². The Morgan fingerprint density at radius 2 is 1.33 bits per heavy atom. The molecule has 2 nitrogen and oxygen atoms in total. The maximum atomic E-state index is 2.69. The SMILES string of the molecule is CC(C)C1CN(C(C)CCC(C)N2CC(C)(C(C)C)C2)C1. The second kappa shape index (κ2) is 6.58. The highest BCUT2D eigenvalue weighted by Gasteiger charge is 2.42. The summed E-state index contributed by atoms with van der Waals surface area (Å²) in [5.41, 5.74) is 0.571. The molecule has 0 spiro atoms. The average Bonchev–Trinajstić information content (AvgIpc) is 2.29. The molecule has 0 amide bonds. The van der Waals surface area contributed by atoms with Crippen LogP contribution in [-0.4, -0.2) is 48.1 Å². The van der Waals surface area contributed by atoms with Crippen molar-refractivity contribution in [3.05, 3.63) is 0 Å². The Bertz CT molecular complexity index is 324. The number of likely N-dealkylation sites (tertiary alicyclic amines) is 2. The Labute approximate surface area is 133 Å². The molecule has 2 atom stereocenters. The van der Waals surface area contributed by atoms with E-state index in [9.17, 15) is 0 Å². The van der Waals surface area contributed by atoms with Crippen molar-refractivity contribution in [1.29, 1.82) is 0 Å². The minimum absolute atomic E-state index is 0.571. The van der Waals surface area contributed by atoms with Gasteiger partial charge in [-0.2, -0.15) is 0 Å². The summed E-state index contributed by atoms with van der Waals surface area (Å²) in [6, 6.07) is 1.54. The smallest absolute Gasteiger partial charge is 0.00679 e. The van der Waals surface area contributed by atoms with Gasteiger partial charge in [-0.3, -0.25) is 9.80 Å². The summed E-state index contributed by atoms with van der Waals surface area (Å²) in [7, 11) is 0. The summed E-state index contributed by atoms with van der Waals surface area (Å²) < 4.78 is 0. The predicted molar refractivity (Wildman–Crippen MR) is 92.6 cm³/mol. The molecular formula is C19H38N2. The highest BCUT2D eigenvalue weighted by Crippen LogP contribution is 2.39. The Morgan fingerprint density at radius 3 is 1.76 bits per heavy atom. The van der Waals surface area contributed by atoms with Crippen molar-refractivity contribution in [3.63, 3.8) is 0 Å². The molecule has 0 aromatic rings. The second-order valence-corrected chi connectivity index (χ2v) is 8.95. The van der Waals surface area contributed by atoms with E-state index in [0.29, 0.717) is 5.41 Å². The quantitative estimate of drug-likeness (QED) is 0.697. The van der Waals surface area contributed by atoms with Crippen molar-refractivity contribution in [1.82, 2.24) is 9.80 Å². The molecule has 2 unspecified atom stereocenters. The average molecular weight is 295 g/mol. The van der Waals surface area contributed by atoms with E-state index in [1.807, 2.05) is 0 Å². The molecule has 2 heterocycles. The van der Waals surface area contributed by atoms with Crippen molar-refractivity contribution >= 4 is 0 Å². The van der Waals surface area contributed by atoms with Gasteiger partial charge in [-0.1, -0.05) is 34.6 Å². The molecule has 21 heavy (non-hydrogen) atoms. The molecule has 2 fully saturated rings. The first-order chi connectivity index (χ1) is 9.73. The molecular weight excluding hydrogens is 256 g/mol. The minimum Gasteiger partial charge on any atom is -0.300 e. The van der Waals surface area contributed by atoms with E-state index < -0.39 is 0 Å². The highest BCUT2D eigenvalue weighted by molar-refractivity contribution is 4.95. The van der Waals surface area contributed by atoms with Crippen LogP contribution in [0.2, 0.25) is 0 Å². The van der Waals surface area contributed by atoms with Crippen molar-refractivity contribution in [2.45, 2.75) is 73.4 Å². The third-order valence-electron chi connectivity index (χ3n) is 6.65. The zero-order chi connectivity index (χ0) is 15.8. The standard InChI is InChI=1S/C19H38N2/c1-14(2)18-10-20(11-18)16(5)8-9-17(6)21-12-19(7,13-21)15(3)4/h14-18H,8-13H2,1-7H3. The molecule has 2 aliphatic rings. The first-order valence-corrected chi connectivity index (χ1v) is 9.21. The molecule has 2 saturated heterocycles. The van der Waals surface area contributed by atoms with Crippen molar-refractivity contribution < 1.29 is 0 Å². The lowest BCUT2D eigenvalue weighted by Crippen LogP contribution is -2.60. The maximum absolute atomic E-state index is 2.69. The zero-order valence-electron chi connectivity index (χ0n) is 15.5. The van der Waals surface area contributed by atoms with Crippen LogP contribution in [-0.2, 0) is 0 Å². The van der Waals surface area contributed by atoms with Gasteiger partial charge in [0, 0.05) is 38.3 Å². The molecule has 2 rings (SSSR count). The first kappa shape index (κ1) is 17.3. The fraction of sp³-hybridized carbons (Fsp3) is 1.00. The summed E-state index contributed by atoms with van der Waals surface area (Å²) in [5.74, 6) is 2.63. The van der Waals surface area contributed by atoms with E-state index in [1.54, 1.807) is 0 Å². The highest BCUT2D eigenvalue weighted by atomic mass is 15.2. The van der Waals surface area contributed by atoms with E-state index in [4.69, 9.17) is 0 Å². The summed E-state index contributed by atoms with van der Waals surface area (Å²) in [6.07, 6.45) is 2.72. The molecule has 0 aliphatic carbocycles. The predicted octanol–water partition coefficient (Wildman–Crippen LogP) is 4.11. The van der Waals surface area contributed by atoms with Gasteiger partial charge in [-0.05, 0) is 49.9 Å². The Balaban J connectivity index is 1.63. The van der Waals surface area contributed by atoms with Gasteiger partial charge >= 0.3 is 0 Å². The van der Waals surface area contributed by atoms with Crippen LogP contribution >= 0.6 is 0 Å². The molecule has 0 aromatic heterocycles. The first-order valence-electron chi connectivity index (χ1n) is 9.21. The van der Waals surface area contributed by atoms with Crippen LogP contribution in [0.3, 0.4) is 0 Å². The molecule has 2 aliphatic heterocycles. The summed E-state index contributed by atoms with van der Waals surface area (Å²) in [4.78, 5) is 5.38. The lowest BCUT2D eigenvalue weighted by atomic mass is 9.72.